The van der Waals surface area contributed by atoms with E-state index in [0.29, 0.717) is 18.3 Å². The number of H-pyrrole nitrogens is 1. The first-order chi connectivity index (χ1) is 12.6. The molecule has 4 rings (SSSR count). The topological polar surface area (TPSA) is 74.1 Å². The van der Waals surface area contributed by atoms with E-state index >= 15 is 0 Å². The van der Waals surface area contributed by atoms with Gasteiger partial charge < -0.3 is 10.2 Å². The van der Waals surface area contributed by atoms with Crippen LogP contribution in [0.3, 0.4) is 0 Å². The molecule has 26 heavy (non-hydrogen) atoms. The Morgan fingerprint density at radius 2 is 2.15 bits per heavy atom. The highest BCUT2D eigenvalue weighted by molar-refractivity contribution is 5.60. The molecular weight excluding hydrogens is 333 g/mol. The molecule has 0 unspecified atom stereocenters. The lowest BCUT2D eigenvalue weighted by atomic mass is 10.2. The lowest BCUT2D eigenvalue weighted by Crippen LogP contribution is -2.19. The Bertz CT molecular complexity index is 1050. The molecule has 132 valence electrons. The van der Waals surface area contributed by atoms with Crippen LogP contribution in [0.5, 0.6) is 0 Å². The zero-order chi connectivity index (χ0) is 18.1. The lowest BCUT2D eigenvalue weighted by molar-refractivity contribution is 0.625. The third-order valence-electron chi connectivity index (χ3n) is 4.02. The SMILES string of the molecule is Cc1cc(Nc2nc(N(C)Cc3cccc(F)c3)cc3nccn23)n[nH]1. The summed E-state index contributed by atoms with van der Waals surface area (Å²) in [5.74, 6) is 1.76. The molecule has 0 atom stereocenters. The standard InChI is InChI=1S/C18H18FN7/c1-12-8-15(24-23-12)21-18-22-17(10-16-20-6-7-26(16)18)25(2)11-13-4-3-5-14(19)9-13/h3-10H,11H2,1-2H3,(H2,21,22,23,24). The number of anilines is 3. The summed E-state index contributed by atoms with van der Waals surface area (Å²) >= 11 is 0. The van der Waals surface area contributed by atoms with Crippen molar-refractivity contribution in [3.05, 3.63) is 65.9 Å². The smallest absolute Gasteiger partial charge is 0.216 e. The number of nitrogens with zero attached hydrogens (tertiary/aromatic N) is 5. The number of aryl methyl sites for hydroxylation is 1. The molecule has 4 aromatic rings. The molecule has 8 heteroatoms. The summed E-state index contributed by atoms with van der Waals surface area (Å²) in [5, 5.41) is 10.3. The number of nitrogens with one attached hydrogen (secondary N) is 2. The van der Waals surface area contributed by atoms with Crippen molar-refractivity contribution in [2.75, 3.05) is 17.3 Å². The maximum atomic E-state index is 13.4. The normalized spacial score (nSPS) is 11.0. The number of rotatable bonds is 5. The minimum Gasteiger partial charge on any atom is -0.355 e. The molecule has 0 aliphatic carbocycles. The molecule has 3 heterocycles. The number of fused-ring (bicyclic) bond motifs is 1. The Labute approximate surface area is 149 Å². The Morgan fingerprint density at radius 3 is 2.92 bits per heavy atom. The zero-order valence-corrected chi connectivity index (χ0v) is 14.4. The number of aromatic nitrogens is 5. The van der Waals surface area contributed by atoms with Crippen molar-refractivity contribution in [1.29, 1.82) is 0 Å². The number of aromatic amines is 1. The summed E-state index contributed by atoms with van der Waals surface area (Å²) in [6, 6.07) is 10.3. The molecule has 0 aliphatic rings. The van der Waals surface area contributed by atoms with Crippen LogP contribution in [0.2, 0.25) is 0 Å². The number of halogens is 1. The van der Waals surface area contributed by atoms with E-state index in [1.54, 1.807) is 12.3 Å². The first-order valence-electron chi connectivity index (χ1n) is 8.17. The van der Waals surface area contributed by atoms with Crippen LogP contribution in [0.25, 0.3) is 5.65 Å². The quantitative estimate of drug-likeness (QED) is 0.577. The molecule has 0 bridgehead atoms. The molecule has 0 aliphatic heterocycles. The fraction of sp³-hybridized carbons (Fsp3) is 0.167. The van der Waals surface area contributed by atoms with E-state index in [0.717, 1.165) is 22.7 Å². The first-order valence-corrected chi connectivity index (χ1v) is 8.17. The predicted octanol–water partition coefficient (Wildman–Crippen LogP) is 3.28. The molecule has 7 nitrogen and oxygen atoms in total. The molecule has 1 aromatic carbocycles. The van der Waals surface area contributed by atoms with Gasteiger partial charge in [0.25, 0.3) is 0 Å². The molecular formula is C18H18FN7. The summed E-state index contributed by atoms with van der Waals surface area (Å²) in [6.07, 6.45) is 3.55. The van der Waals surface area contributed by atoms with Crippen molar-refractivity contribution in [2.24, 2.45) is 0 Å². The van der Waals surface area contributed by atoms with E-state index in [4.69, 9.17) is 0 Å². The van der Waals surface area contributed by atoms with E-state index in [2.05, 4.69) is 25.5 Å². The van der Waals surface area contributed by atoms with Gasteiger partial charge in [-0.3, -0.25) is 9.50 Å². The summed E-state index contributed by atoms with van der Waals surface area (Å²) in [6.45, 7) is 2.46. The summed E-state index contributed by atoms with van der Waals surface area (Å²) < 4.78 is 15.3. The minimum absolute atomic E-state index is 0.246. The van der Waals surface area contributed by atoms with Gasteiger partial charge in [-0.2, -0.15) is 10.1 Å². The van der Waals surface area contributed by atoms with Crippen molar-refractivity contribution in [2.45, 2.75) is 13.5 Å². The van der Waals surface area contributed by atoms with E-state index in [-0.39, 0.29) is 5.82 Å². The summed E-state index contributed by atoms with van der Waals surface area (Å²) in [5.41, 5.74) is 2.58. The van der Waals surface area contributed by atoms with Gasteiger partial charge in [-0.05, 0) is 24.6 Å². The maximum absolute atomic E-state index is 13.4. The van der Waals surface area contributed by atoms with Crippen LogP contribution in [0, 0.1) is 12.7 Å². The van der Waals surface area contributed by atoms with Gasteiger partial charge in [0.1, 0.15) is 17.3 Å². The Balaban J connectivity index is 1.66. The Hall–Kier alpha value is -3.42. The van der Waals surface area contributed by atoms with Gasteiger partial charge >= 0.3 is 0 Å². The number of imidazole rings is 1. The summed E-state index contributed by atoms with van der Waals surface area (Å²) in [4.78, 5) is 11.0. The van der Waals surface area contributed by atoms with E-state index in [1.807, 2.05) is 47.7 Å². The van der Waals surface area contributed by atoms with Crippen molar-refractivity contribution >= 4 is 23.2 Å². The molecule has 2 N–H and O–H groups in total. The van der Waals surface area contributed by atoms with Crippen molar-refractivity contribution in [3.63, 3.8) is 0 Å². The maximum Gasteiger partial charge on any atom is 0.216 e. The Morgan fingerprint density at radius 1 is 1.27 bits per heavy atom. The largest absolute Gasteiger partial charge is 0.355 e. The van der Waals surface area contributed by atoms with Gasteiger partial charge in [-0.25, -0.2) is 9.37 Å². The second-order valence-corrected chi connectivity index (χ2v) is 6.14. The fourth-order valence-corrected chi connectivity index (χ4v) is 2.78. The van der Waals surface area contributed by atoms with Crippen molar-refractivity contribution < 1.29 is 4.39 Å². The number of hydrogen-bond acceptors (Lipinski definition) is 5. The highest BCUT2D eigenvalue weighted by atomic mass is 19.1. The van der Waals surface area contributed by atoms with E-state index < -0.39 is 0 Å². The van der Waals surface area contributed by atoms with E-state index in [1.165, 1.54) is 12.1 Å². The molecule has 3 aromatic heterocycles. The van der Waals surface area contributed by atoms with Gasteiger partial charge in [0, 0.05) is 43.8 Å². The average molecular weight is 351 g/mol. The second kappa shape index (κ2) is 6.47. The Kier molecular flexibility index (Phi) is 4.00. The van der Waals surface area contributed by atoms with Gasteiger partial charge in [-0.15, -0.1) is 0 Å². The molecule has 0 saturated heterocycles. The van der Waals surface area contributed by atoms with Crippen LogP contribution in [0.4, 0.5) is 22.0 Å². The van der Waals surface area contributed by atoms with Crippen LogP contribution in [-0.4, -0.2) is 31.6 Å². The molecule has 0 spiro atoms. The third kappa shape index (κ3) is 3.21. The highest BCUT2D eigenvalue weighted by Gasteiger charge is 2.12. The van der Waals surface area contributed by atoms with Gasteiger partial charge in [0.15, 0.2) is 5.82 Å². The monoisotopic (exact) mass is 351 g/mol. The zero-order valence-electron chi connectivity index (χ0n) is 14.4. The average Bonchev–Trinajstić information content (AvgIpc) is 3.23. The number of hydrogen-bond donors (Lipinski definition) is 2. The number of benzene rings is 1. The van der Waals surface area contributed by atoms with Crippen LogP contribution >= 0.6 is 0 Å². The highest BCUT2D eigenvalue weighted by Crippen LogP contribution is 2.21. The van der Waals surface area contributed by atoms with Gasteiger partial charge in [0.2, 0.25) is 5.95 Å². The fourth-order valence-electron chi connectivity index (χ4n) is 2.78. The molecule has 0 radical (unpaired) electrons. The molecule has 0 amide bonds. The predicted molar refractivity (Wildman–Crippen MR) is 98.1 cm³/mol. The van der Waals surface area contributed by atoms with Crippen LogP contribution < -0.4 is 10.2 Å². The first kappa shape index (κ1) is 16.1. The second-order valence-electron chi connectivity index (χ2n) is 6.14. The lowest BCUT2D eigenvalue weighted by Gasteiger charge is -2.19. The van der Waals surface area contributed by atoms with Crippen molar-refractivity contribution in [1.82, 2.24) is 24.6 Å². The van der Waals surface area contributed by atoms with Gasteiger partial charge in [-0.1, -0.05) is 12.1 Å². The molecule has 0 saturated carbocycles. The van der Waals surface area contributed by atoms with Gasteiger partial charge in [0.05, 0.1) is 0 Å². The van der Waals surface area contributed by atoms with Crippen LogP contribution in [0.15, 0.2) is 48.8 Å². The van der Waals surface area contributed by atoms with E-state index in [9.17, 15) is 4.39 Å². The van der Waals surface area contributed by atoms with Crippen molar-refractivity contribution in [3.8, 4) is 0 Å². The summed E-state index contributed by atoms with van der Waals surface area (Å²) in [7, 11) is 1.91. The molecule has 0 fully saturated rings. The van der Waals surface area contributed by atoms with Crippen LogP contribution in [-0.2, 0) is 6.54 Å². The van der Waals surface area contributed by atoms with Crippen LogP contribution in [0.1, 0.15) is 11.3 Å². The third-order valence-corrected chi connectivity index (χ3v) is 4.02. The minimum atomic E-state index is -0.246.